The molecule has 19 heavy (non-hydrogen) atoms. The van der Waals surface area contributed by atoms with E-state index in [4.69, 9.17) is 0 Å². The normalized spacial score (nSPS) is 10.2. The molecule has 2 N–H and O–H groups in total. The average molecular weight is 256 g/mol. The highest BCUT2D eigenvalue weighted by molar-refractivity contribution is 6.00. The predicted octanol–water partition coefficient (Wildman–Crippen LogP) is 2.18. The van der Waals surface area contributed by atoms with E-state index in [1.165, 1.54) is 0 Å². The van der Waals surface area contributed by atoms with Crippen molar-refractivity contribution in [2.75, 3.05) is 6.54 Å². The molecule has 98 valence electrons. The Morgan fingerprint density at radius 1 is 1.21 bits per heavy atom. The topological polar surface area (TPSA) is 62.0 Å². The third-order valence-electron chi connectivity index (χ3n) is 2.81. The van der Waals surface area contributed by atoms with Gasteiger partial charge in [-0.15, -0.1) is 0 Å². The molecule has 0 aliphatic carbocycles. The van der Waals surface area contributed by atoms with E-state index in [9.17, 15) is 9.59 Å². The van der Waals surface area contributed by atoms with Crippen molar-refractivity contribution in [3.8, 4) is 11.1 Å². The van der Waals surface area contributed by atoms with Crippen LogP contribution in [0.3, 0.4) is 0 Å². The van der Waals surface area contributed by atoms with E-state index in [0.29, 0.717) is 12.1 Å². The van der Waals surface area contributed by atoms with Gasteiger partial charge in [0.25, 0.3) is 11.5 Å². The van der Waals surface area contributed by atoms with Crippen LogP contribution < -0.4 is 10.9 Å². The Morgan fingerprint density at radius 3 is 2.63 bits per heavy atom. The van der Waals surface area contributed by atoms with Crippen LogP contribution in [0.1, 0.15) is 23.7 Å². The summed E-state index contributed by atoms with van der Waals surface area (Å²) in [6.07, 6.45) is 2.39. The minimum absolute atomic E-state index is 0.169. The first-order valence-corrected chi connectivity index (χ1v) is 6.29. The highest BCUT2D eigenvalue weighted by atomic mass is 16.2. The molecule has 1 aromatic carbocycles. The van der Waals surface area contributed by atoms with Gasteiger partial charge in [0, 0.05) is 18.3 Å². The molecular weight excluding hydrogens is 240 g/mol. The number of aromatic nitrogens is 1. The zero-order valence-electron chi connectivity index (χ0n) is 10.8. The summed E-state index contributed by atoms with van der Waals surface area (Å²) in [5.74, 6) is -0.331. The van der Waals surface area contributed by atoms with Crippen molar-refractivity contribution >= 4 is 5.91 Å². The van der Waals surface area contributed by atoms with Crippen LogP contribution in [-0.4, -0.2) is 17.4 Å². The molecule has 0 saturated carbocycles. The second kappa shape index (κ2) is 6.00. The summed E-state index contributed by atoms with van der Waals surface area (Å²) in [5.41, 5.74) is 1.31. The Balaban J connectivity index is 2.48. The number of pyridine rings is 1. The fourth-order valence-electron chi connectivity index (χ4n) is 1.89. The fourth-order valence-corrected chi connectivity index (χ4v) is 1.89. The molecular formula is C15H16N2O2. The van der Waals surface area contributed by atoms with Gasteiger partial charge in [0.05, 0.1) is 0 Å². The largest absolute Gasteiger partial charge is 0.352 e. The van der Waals surface area contributed by atoms with Crippen LogP contribution in [0.2, 0.25) is 0 Å². The molecule has 0 bridgehead atoms. The molecule has 0 saturated heterocycles. The van der Waals surface area contributed by atoms with Gasteiger partial charge in [0.1, 0.15) is 5.56 Å². The maximum Gasteiger partial charge on any atom is 0.261 e. The Morgan fingerprint density at radius 2 is 1.95 bits per heavy atom. The van der Waals surface area contributed by atoms with Crippen molar-refractivity contribution in [3.63, 3.8) is 0 Å². The second-order valence-corrected chi connectivity index (χ2v) is 4.22. The molecule has 1 amide bonds. The van der Waals surface area contributed by atoms with E-state index in [0.717, 1.165) is 12.0 Å². The molecule has 4 heteroatoms. The highest BCUT2D eigenvalue weighted by Gasteiger charge is 2.16. The first kappa shape index (κ1) is 13.1. The number of aromatic amines is 1. The van der Waals surface area contributed by atoms with Gasteiger partial charge in [-0.3, -0.25) is 9.59 Å². The Kier molecular flexibility index (Phi) is 4.13. The minimum Gasteiger partial charge on any atom is -0.352 e. The number of amides is 1. The minimum atomic E-state index is -0.366. The van der Waals surface area contributed by atoms with Crippen LogP contribution >= 0.6 is 0 Å². The number of carbonyl (C=O) groups is 1. The molecule has 2 rings (SSSR count). The predicted molar refractivity (Wildman–Crippen MR) is 75.1 cm³/mol. The SMILES string of the molecule is CCCNC(=O)c1c(-c2ccccc2)cc[nH]c1=O. The summed E-state index contributed by atoms with van der Waals surface area (Å²) in [6.45, 7) is 2.52. The van der Waals surface area contributed by atoms with E-state index >= 15 is 0 Å². The number of benzene rings is 1. The quantitative estimate of drug-likeness (QED) is 0.880. The summed E-state index contributed by atoms with van der Waals surface area (Å²) in [4.78, 5) is 26.5. The van der Waals surface area contributed by atoms with Gasteiger partial charge < -0.3 is 10.3 Å². The van der Waals surface area contributed by atoms with Crippen molar-refractivity contribution < 1.29 is 4.79 Å². The Hall–Kier alpha value is -2.36. The van der Waals surface area contributed by atoms with Gasteiger partial charge in [0.2, 0.25) is 0 Å². The molecule has 0 aliphatic rings. The molecule has 0 unspecified atom stereocenters. The maximum absolute atomic E-state index is 12.1. The van der Waals surface area contributed by atoms with Gasteiger partial charge in [0.15, 0.2) is 0 Å². The first-order chi connectivity index (χ1) is 9.24. The third kappa shape index (κ3) is 2.91. The van der Waals surface area contributed by atoms with E-state index < -0.39 is 0 Å². The van der Waals surface area contributed by atoms with Gasteiger partial charge in [-0.25, -0.2) is 0 Å². The molecule has 1 aromatic heterocycles. The third-order valence-corrected chi connectivity index (χ3v) is 2.81. The molecule has 0 aliphatic heterocycles. The lowest BCUT2D eigenvalue weighted by Crippen LogP contribution is -2.30. The zero-order valence-corrected chi connectivity index (χ0v) is 10.8. The van der Waals surface area contributed by atoms with Crippen molar-refractivity contribution in [2.45, 2.75) is 13.3 Å². The smallest absolute Gasteiger partial charge is 0.261 e. The lowest BCUT2D eigenvalue weighted by molar-refractivity contribution is 0.0953. The molecule has 0 radical (unpaired) electrons. The van der Waals surface area contributed by atoms with E-state index in [1.54, 1.807) is 12.3 Å². The highest BCUT2D eigenvalue weighted by Crippen LogP contribution is 2.20. The lowest BCUT2D eigenvalue weighted by Gasteiger charge is -2.08. The van der Waals surface area contributed by atoms with Gasteiger partial charge in [-0.2, -0.15) is 0 Å². The molecule has 4 nitrogen and oxygen atoms in total. The summed E-state index contributed by atoms with van der Waals surface area (Å²) in [7, 11) is 0. The van der Waals surface area contributed by atoms with Crippen LogP contribution in [0.15, 0.2) is 47.4 Å². The van der Waals surface area contributed by atoms with Gasteiger partial charge in [-0.05, 0) is 18.1 Å². The number of H-pyrrole nitrogens is 1. The number of hydrogen-bond acceptors (Lipinski definition) is 2. The number of carbonyl (C=O) groups excluding carboxylic acids is 1. The first-order valence-electron chi connectivity index (χ1n) is 6.29. The maximum atomic E-state index is 12.1. The van der Waals surface area contributed by atoms with Crippen molar-refractivity contribution in [2.24, 2.45) is 0 Å². The Labute approximate surface area is 111 Å². The van der Waals surface area contributed by atoms with Crippen molar-refractivity contribution in [3.05, 3.63) is 58.5 Å². The standard InChI is InChI=1S/C15H16N2O2/c1-2-9-16-14(18)13-12(8-10-17-15(13)19)11-6-4-3-5-7-11/h3-8,10H,2,9H2,1H3,(H,16,18)(H,17,19). The fraction of sp³-hybridized carbons (Fsp3) is 0.200. The van der Waals surface area contributed by atoms with Crippen LogP contribution in [0.25, 0.3) is 11.1 Å². The van der Waals surface area contributed by atoms with E-state index in [-0.39, 0.29) is 17.0 Å². The molecule has 0 spiro atoms. The van der Waals surface area contributed by atoms with Gasteiger partial charge in [-0.1, -0.05) is 37.3 Å². The van der Waals surface area contributed by atoms with E-state index in [1.807, 2.05) is 37.3 Å². The number of rotatable bonds is 4. The van der Waals surface area contributed by atoms with Crippen molar-refractivity contribution in [1.82, 2.24) is 10.3 Å². The summed E-state index contributed by atoms with van der Waals surface area (Å²) < 4.78 is 0. The molecule has 1 heterocycles. The van der Waals surface area contributed by atoms with Crippen LogP contribution in [0.5, 0.6) is 0 Å². The molecule has 2 aromatic rings. The van der Waals surface area contributed by atoms with Crippen LogP contribution in [0, 0.1) is 0 Å². The zero-order chi connectivity index (χ0) is 13.7. The number of hydrogen-bond donors (Lipinski definition) is 2. The summed E-state index contributed by atoms with van der Waals surface area (Å²) >= 11 is 0. The molecule has 0 fully saturated rings. The van der Waals surface area contributed by atoms with Crippen LogP contribution in [0.4, 0.5) is 0 Å². The second-order valence-electron chi connectivity index (χ2n) is 4.22. The Bertz CT molecular complexity index is 618. The summed E-state index contributed by atoms with van der Waals surface area (Å²) in [5, 5.41) is 2.74. The van der Waals surface area contributed by atoms with Crippen molar-refractivity contribution in [1.29, 1.82) is 0 Å². The number of nitrogens with one attached hydrogen (secondary N) is 2. The average Bonchev–Trinajstić information content (AvgIpc) is 2.45. The lowest BCUT2D eigenvalue weighted by atomic mass is 10.0. The van der Waals surface area contributed by atoms with Gasteiger partial charge >= 0.3 is 0 Å². The van der Waals surface area contributed by atoms with Crippen LogP contribution in [-0.2, 0) is 0 Å². The summed E-state index contributed by atoms with van der Waals surface area (Å²) in [6, 6.07) is 11.2. The van der Waals surface area contributed by atoms with E-state index in [2.05, 4.69) is 10.3 Å². The monoisotopic (exact) mass is 256 g/mol. The molecule has 0 atom stereocenters.